The van der Waals surface area contributed by atoms with Crippen LogP contribution in [0.25, 0.3) is 10.4 Å². The molecule has 2 aliphatic carbocycles. The minimum absolute atomic E-state index is 0.692. The van der Waals surface area contributed by atoms with E-state index in [1.165, 1.54) is 44.5 Å². The van der Waals surface area contributed by atoms with Crippen LogP contribution >= 0.6 is 0 Å². The molecule has 0 bridgehead atoms. The van der Waals surface area contributed by atoms with Crippen molar-refractivity contribution in [1.82, 2.24) is 0 Å². The third kappa shape index (κ3) is 4.01. The van der Waals surface area contributed by atoms with E-state index in [2.05, 4.69) is 97.3 Å². The zero-order valence-electron chi connectivity index (χ0n) is 19.8. The van der Waals surface area contributed by atoms with Gasteiger partial charge in [0.15, 0.2) is 0 Å². The second-order valence-electron chi connectivity index (χ2n) is 10.2. The number of rotatable bonds is 6. The molecule has 0 spiro atoms. The topological polar surface area (TPSA) is 0 Å². The molecule has 0 fully saturated rings. The van der Waals surface area contributed by atoms with Gasteiger partial charge >= 0.3 is 0 Å². The molecule has 1 heteroatoms. The van der Waals surface area contributed by atoms with Crippen molar-refractivity contribution in [3.63, 3.8) is 0 Å². The SMILES string of the molecule is CC1=C([SiH](C)C2=C(C)[CH]c3ccc(CC(C)C)cc32)c2cc(CC(C)C)ccc2[CH]1. The van der Waals surface area contributed by atoms with Crippen LogP contribution in [0.15, 0.2) is 47.5 Å². The molecule has 0 unspecified atom stereocenters. The fourth-order valence-electron chi connectivity index (χ4n) is 5.46. The molecule has 0 saturated carbocycles. The van der Waals surface area contributed by atoms with E-state index in [4.69, 9.17) is 0 Å². The summed E-state index contributed by atoms with van der Waals surface area (Å²) in [5.41, 5.74) is 11.8. The fraction of sp³-hybridized carbons (Fsp3) is 0.379. The van der Waals surface area contributed by atoms with Crippen LogP contribution in [0, 0.1) is 24.7 Å². The van der Waals surface area contributed by atoms with E-state index in [9.17, 15) is 0 Å². The van der Waals surface area contributed by atoms with Gasteiger partial charge in [-0.25, -0.2) is 0 Å². The highest BCUT2D eigenvalue weighted by molar-refractivity contribution is 6.94. The molecule has 0 saturated heterocycles. The number of hydrogen-bond donors (Lipinski definition) is 0. The Morgan fingerprint density at radius 2 is 1.07 bits per heavy atom. The summed E-state index contributed by atoms with van der Waals surface area (Å²) in [6.45, 7) is 16.4. The first-order chi connectivity index (χ1) is 14.2. The van der Waals surface area contributed by atoms with Gasteiger partial charge in [-0.05, 0) is 71.9 Å². The van der Waals surface area contributed by atoms with Crippen LogP contribution < -0.4 is 0 Å². The van der Waals surface area contributed by atoms with Crippen LogP contribution in [0.2, 0.25) is 6.55 Å². The molecule has 30 heavy (non-hydrogen) atoms. The quantitative estimate of drug-likeness (QED) is 0.434. The van der Waals surface area contributed by atoms with Crippen molar-refractivity contribution in [2.75, 3.05) is 0 Å². The maximum Gasteiger partial charge on any atom is 0.101 e. The van der Waals surface area contributed by atoms with Crippen molar-refractivity contribution in [3.05, 3.63) is 93.8 Å². The maximum atomic E-state index is 2.55. The first-order valence-corrected chi connectivity index (χ1v) is 13.9. The fourth-order valence-corrected chi connectivity index (χ4v) is 8.72. The van der Waals surface area contributed by atoms with E-state index >= 15 is 0 Å². The predicted molar refractivity (Wildman–Crippen MR) is 135 cm³/mol. The van der Waals surface area contributed by atoms with Crippen LogP contribution in [0.4, 0.5) is 0 Å². The van der Waals surface area contributed by atoms with E-state index in [1.54, 1.807) is 10.4 Å². The van der Waals surface area contributed by atoms with E-state index in [-0.39, 0.29) is 0 Å². The minimum Gasteiger partial charge on any atom is -0.0649 e. The third-order valence-corrected chi connectivity index (χ3v) is 9.83. The second-order valence-corrected chi connectivity index (χ2v) is 12.8. The summed E-state index contributed by atoms with van der Waals surface area (Å²) >= 11 is 0. The Morgan fingerprint density at radius 3 is 1.43 bits per heavy atom. The number of allylic oxidation sites excluding steroid dienone is 2. The molecule has 4 rings (SSSR count). The van der Waals surface area contributed by atoms with Crippen LogP contribution in [0.3, 0.4) is 0 Å². The summed E-state index contributed by atoms with van der Waals surface area (Å²) in [6, 6.07) is 14.3. The molecule has 0 amide bonds. The summed E-state index contributed by atoms with van der Waals surface area (Å²) in [6.07, 6.45) is 7.15. The van der Waals surface area contributed by atoms with Gasteiger partial charge in [0.05, 0.1) is 0 Å². The first-order valence-electron chi connectivity index (χ1n) is 11.6. The molecule has 0 N–H and O–H groups in total. The minimum atomic E-state index is -1.31. The highest BCUT2D eigenvalue weighted by atomic mass is 28.3. The maximum absolute atomic E-state index is 2.55. The van der Waals surface area contributed by atoms with Crippen LogP contribution in [-0.2, 0) is 12.8 Å². The predicted octanol–water partition coefficient (Wildman–Crippen LogP) is 7.40. The normalized spacial score (nSPS) is 15.8. The van der Waals surface area contributed by atoms with Gasteiger partial charge in [0.2, 0.25) is 0 Å². The van der Waals surface area contributed by atoms with E-state index in [0.717, 1.165) is 12.8 Å². The molecule has 2 aliphatic rings. The molecule has 0 aliphatic heterocycles. The Bertz CT molecular complexity index is 949. The molecular formula is C29H36Si. The van der Waals surface area contributed by atoms with Crippen LogP contribution in [0.1, 0.15) is 74.9 Å². The average molecular weight is 413 g/mol. The van der Waals surface area contributed by atoms with Gasteiger partial charge in [0, 0.05) is 12.8 Å². The second kappa shape index (κ2) is 8.34. The summed E-state index contributed by atoms with van der Waals surface area (Å²) in [5.74, 6) is 1.38. The smallest absolute Gasteiger partial charge is 0.0649 e. The molecule has 156 valence electrons. The summed E-state index contributed by atoms with van der Waals surface area (Å²) in [5, 5.41) is 3.31. The lowest BCUT2D eigenvalue weighted by atomic mass is 9.99. The van der Waals surface area contributed by atoms with E-state index in [0.29, 0.717) is 11.8 Å². The first kappa shape index (κ1) is 21.4. The van der Waals surface area contributed by atoms with E-state index in [1.807, 2.05) is 0 Å². The van der Waals surface area contributed by atoms with Crippen molar-refractivity contribution >= 4 is 19.2 Å². The van der Waals surface area contributed by atoms with E-state index < -0.39 is 8.80 Å². The van der Waals surface area contributed by atoms with Crippen molar-refractivity contribution < 1.29 is 0 Å². The van der Waals surface area contributed by atoms with Crippen molar-refractivity contribution in [1.29, 1.82) is 0 Å². The molecule has 0 nitrogen and oxygen atoms in total. The zero-order chi connectivity index (χ0) is 21.6. The largest absolute Gasteiger partial charge is 0.101 e. The number of benzene rings is 2. The van der Waals surface area contributed by atoms with Gasteiger partial charge in [0.1, 0.15) is 8.80 Å². The van der Waals surface area contributed by atoms with Crippen molar-refractivity contribution in [2.45, 2.75) is 60.9 Å². The van der Waals surface area contributed by atoms with Gasteiger partial charge < -0.3 is 0 Å². The lowest BCUT2D eigenvalue weighted by Crippen LogP contribution is -2.15. The van der Waals surface area contributed by atoms with Crippen molar-refractivity contribution in [3.8, 4) is 0 Å². The summed E-state index contributed by atoms with van der Waals surface area (Å²) in [4.78, 5) is 0. The lowest BCUT2D eigenvalue weighted by molar-refractivity contribution is 0.647. The standard InChI is InChI=1S/C29H36Si/c1-18(2)12-22-8-10-24-14-20(5)28(26(24)16-22)30(7)29-21(6)15-25-11-9-23(13-19(3)4)17-27(25)29/h8-11,14-19,30H,12-13H2,1-7H3. The molecule has 0 atom stereocenters. The monoisotopic (exact) mass is 412 g/mol. The number of fused-ring (bicyclic) bond motifs is 2. The molecule has 2 aromatic rings. The van der Waals surface area contributed by atoms with Crippen molar-refractivity contribution in [2.24, 2.45) is 11.8 Å². The van der Waals surface area contributed by atoms with Gasteiger partial charge in [0.25, 0.3) is 0 Å². The van der Waals surface area contributed by atoms with Crippen LogP contribution in [-0.4, -0.2) is 8.80 Å². The average Bonchev–Trinajstić information content (AvgIpc) is 3.15. The molecular weight excluding hydrogens is 376 g/mol. The van der Waals surface area contributed by atoms with Crippen LogP contribution in [0.5, 0.6) is 0 Å². The highest BCUT2D eigenvalue weighted by Crippen LogP contribution is 2.44. The van der Waals surface area contributed by atoms with Gasteiger partial charge in [-0.3, -0.25) is 0 Å². The molecule has 2 radical (unpaired) electrons. The number of hydrogen-bond acceptors (Lipinski definition) is 0. The lowest BCUT2D eigenvalue weighted by Gasteiger charge is -2.20. The Kier molecular flexibility index (Phi) is 5.94. The Labute approximate surface area is 185 Å². The Balaban J connectivity index is 1.73. The third-order valence-electron chi connectivity index (χ3n) is 6.56. The summed E-state index contributed by atoms with van der Waals surface area (Å²) < 4.78 is 0. The molecule has 0 heterocycles. The summed E-state index contributed by atoms with van der Waals surface area (Å²) in [7, 11) is -1.31. The Hall–Kier alpha value is -1.86. The van der Waals surface area contributed by atoms with Gasteiger partial charge in [-0.2, -0.15) is 0 Å². The molecule has 0 aromatic heterocycles. The van der Waals surface area contributed by atoms with Gasteiger partial charge in [-0.1, -0.05) is 92.2 Å². The van der Waals surface area contributed by atoms with Gasteiger partial charge in [-0.15, -0.1) is 0 Å². The molecule has 2 aromatic carbocycles. The Morgan fingerprint density at radius 1 is 0.667 bits per heavy atom. The zero-order valence-corrected chi connectivity index (χ0v) is 20.9. The highest BCUT2D eigenvalue weighted by Gasteiger charge is 2.31.